The van der Waals surface area contributed by atoms with E-state index >= 15 is 0 Å². The Hall–Kier alpha value is -1.91. The summed E-state index contributed by atoms with van der Waals surface area (Å²) < 4.78 is 20.2. The Morgan fingerprint density at radius 2 is 1.50 bits per heavy atom. The van der Waals surface area contributed by atoms with Crippen LogP contribution >= 0.6 is 0 Å². The van der Waals surface area contributed by atoms with Gasteiger partial charge >= 0.3 is 0 Å². The lowest BCUT2D eigenvalue weighted by molar-refractivity contribution is 0.306. The molecule has 0 atom stereocenters. The van der Waals surface area contributed by atoms with Gasteiger partial charge in [0.2, 0.25) is 5.90 Å². The number of rotatable bonds is 5. The standard InChI is InChI=1S/C11H15NO4/c1-13-8-4-9(14-2)6-10(5-8)16-7-11(12)15-3/h4-6,12H,7H2,1-3H3. The van der Waals surface area contributed by atoms with Crippen LogP contribution in [-0.4, -0.2) is 33.8 Å². The van der Waals surface area contributed by atoms with Crippen LogP contribution in [0.4, 0.5) is 0 Å². The fourth-order valence-corrected chi connectivity index (χ4v) is 1.07. The molecule has 16 heavy (non-hydrogen) atoms. The van der Waals surface area contributed by atoms with Gasteiger partial charge in [0.1, 0.15) is 17.2 Å². The van der Waals surface area contributed by atoms with Crippen molar-refractivity contribution in [2.45, 2.75) is 0 Å². The van der Waals surface area contributed by atoms with E-state index in [-0.39, 0.29) is 12.5 Å². The van der Waals surface area contributed by atoms with E-state index in [1.165, 1.54) is 7.11 Å². The summed E-state index contributed by atoms with van der Waals surface area (Å²) >= 11 is 0. The highest BCUT2D eigenvalue weighted by Gasteiger charge is 2.04. The van der Waals surface area contributed by atoms with Gasteiger partial charge < -0.3 is 18.9 Å². The van der Waals surface area contributed by atoms with Gasteiger partial charge in [-0.15, -0.1) is 0 Å². The first-order valence-electron chi connectivity index (χ1n) is 4.67. The number of methoxy groups -OCH3 is 3. The number of nitrogens with one attached hydrogen (secondary N) is 1. The Morgan fingerprint density at radius 1 is 1.00 bits per heavy atom. The topological polar surface area (TPSA) is 60.8 Å². The van der Waals surface area contributed by atoms with E-state index in [1.54, 1.807) is 32.4 Å². The molecule has 0 aliphatic rings. The number of benzene rings is 1. The van der Waals surface area contributed by atoms with Crippen LogP contribution in [0.2, 0.25) is 0 Å². The van der Waals surface area contributed by atoms with Crippen molar-refractivity contribution in [1.29, 1.82) is 5.41 Å². The molecule has 88 valence electrons. The van der Waals surface area contributed by atoms with Crippen LogP contribution in [0, 0.1) is 5.41 Å². The second kappa shape index (κ2) is 5.85. The lowest BCUT2D eigenvalue weighted by atomic mass is 10.3. The van der Waals surface area contributed by atoms with Gasteiger partial charge in [0.05, 0.1) is 21.3 Å². The highest BCUT2D eigenvalue weighted by atomic mass is 16.5. The Bertz CT molecular complexity index is 343. The van der Waals surface area contributed by atoms with E-state index in [2.05, 4.69) is 4.74 Å². The summed E-state index contributed by atoms with van der Waals surface area (Å²) in [6.45, 7) is 0.0762. The number of hydrogen-bond donors (Lipinski definition) is 1. The van der Waals surface area contributed by atoms with Gasteiger partial charge in [-0.25, -0.2) is 0 Å². The molecule has 0 heterocycles. The SMILES string of the molecule is COC(=N)COc1cc(OC)cc(OC)c1. The maximum Gasteiger partial charge on any atom is 0.219 e. The molecule has 0 fully saturated rings. The molecular weight excluding hydrogens is 210 g/mol. The monoisotopic (exact) mass is 225 g/mol. The van der Waals surface area contributed by atoms with E-state index in [0.29, 0.717) is 17.2 Å². The van der Waals surface area contributed by atoms with Crippen molar-refractivity contribution in [3.63, 3.8) is 0 Å². The third kappa shape index (κ3) is 3.34. The molecule has 0 spiro atoms. The molecule has 1 aromatic carbocycles. The summed E-state index contributed by atoms with van der Waals surface area (Å²) in [5.74, 6) is 1.90. The van der Waals surface area contributed by atoms with Crippen LogP contribution in [-0.2, 0) is 4.74 Å². The normalized spacial score (nSPS) is 9.44. The third-order valence-electron chi connectivity index (χ3n) is 1.94. The Morgan fingerprint density at radius 3 is 1.94 bits per heavy atom. The smallest absolute Gasteiger partial charge is 0.219 e. The van der Waals surface area contributed by atoms with E-state index in [1.807, 2.05) is 0 Å². The van der Waals surface area contributed by atoms with Gasteiger partial charge in [-0.3, -0.25) is 5.41 Å². The largest absolute Gasteiger partial charge is 0.496 e. The summed E-state index contributed by atoms with van der Waals surface area (Å²) in [5.41, 5.74) is 0. The predicted molar refractivity (Wildman–Crippen MR) is 59.8 cm³/mol. The van der Waals surface area contributed by atoms with Crippen molar-refractivity contribution in [2.24, 2.45) is 0 Å². The highest BCUT2D eigenvalue weighted by Crippen LogP contribution is 2.27. The molecule has 0 aliphatic carbocycles. The van der Waals surface area contributed by atoms with E-state index < -0.39 is 0 Å². The van der Waals surface area contributed by atoms with Gasteiger partial charge in [-0.05, 0) is 0 Å². The average molecular weight is 225 g/mol. The summed E-state index contributed by atoms with van der Waals surface area (Å²) in [5, 5.41) is 7.27. The Labute approximate surface area is 94.4 Å². The van der Waals surface area contributed by atoms with Gasteiger partial charge in [0.25, 0.3) is 0 Å². The first-order valence-corrected chi connectivity index (χ1v) is 4.67. The van der Waals surface area contributed by atoms with Crippen molar-refractivity contribution >= 4 is 5.90 Å². The van der Waals surface area contributed by atoms with Crippen molar-refractivity contribution in [2.75, 3.05) is 27.9 Å². The van der Waals surface area contributed by atoms with Crippen molar-refractivity contribution in [3.05, 3.63) is 18.2 Å². The molecule has 5 heteroatoms. The number of hydrogen-bond acceptors (Lipinski definition) is 5. The van der Waals surface area contributed by atoms with E-state index in [4.69, 9.17) is 19.6 Å². The summed E-state index contributed by atoms with van der Waals surface area (Å²) in [7, 11) is 4.56. The van der Waals surface area contributed by atoms with Gasteiger partial charge in [0.15, 0.2) is 6.61 Å². The summed E-state index contributed by atoms with van der Waals surface area (Å²) in [4.78, 5) is 0. The molecule has 0 radical (unpaired) electrons. The van der Waals surface area contributed by atoms with Gasteiger partial charge in [-0.1, -0.05) is 0 Å². The van der Waals surface area contributed by atoms with Crippen LogP contribution in [0.5, 0.6) is 17.2 Å². The zero-order chi connectivity index (χ0) is 12.0. The minimum atomic E-state index is 0.0572. The zero-order valence-corrected chi connectivity index (χ0v) is 9.57. The fraction of sp³-hybridized carbons (Fsp3) is 0.364. The van der Waals surface area contributed by atoms with Crippen molar-refractivity contribution < 1.29 is 18.9 Å². The first-order chi connectivity index (χ1) is 7.69. The summed E-state index contributed by atoms with van der Waals surface area (Å²) in [6.07, 6.45) is 0. The minimum absolute atomic E-state index is 0.0572. The molecule has 0 unspecified atom stereocenters. The minimum Gasteiger partial charge on any atom is -0.496 e. The Balaban J connectivity index is 2.74. The van der Waals surface area contributed by atoms with E-state index in [9.17, 15) is 0 Å². The Kier molecular flexibility index (Phi) is 4.44. The highest BCUT2D eigenvalue weighted by molar-refractivity contribution is 5.74. The molecular formula is C11H15NO4. The molecule has 5 nitrogen and oxygen atoms in total. The average Bonchev–Trinajstić information content (AvgIpc) is 2.35. The molecule has 0 aromatic heterocycles. The lowest BCUT2D eigenvalue weighted by Crippen LogP contribution is -2.11. The predicted octanol–water partition coefficient (Wildman–Crippen LogP) is 1.71. The van der Waals surface area contributed by atoms with Crippen molar-refractivity contribution in [1.82, 2.24) is 0 Å². The summed E-state index contributed by atoms with van der Waals surface area (Å²) in [6, 6.07) is 5.17. The molecule has 0 aliphatic heterocycles. The fourth-order valence-electron chi connectivity index (χ4n) is 1.07. The second-order valence-electron chi connectivity index (χ2n) is 2.96. The molecule has 1 aromatic rings. The first kappa shape index (κ1) is 12.2. The third-order valence-corrected chi connectivity index (χ3v) is 1.94. The van der Waals surface area contributed by atoms with Crippen LogP contribution in [0.1, 0.15) is 0 Å². The number of ether oxygens (including phenoxy) is 4. The van der Waals surface area contributed by atoms with Crippen LogP contribution in [0.3, 0.4) is 0 Å². The molecule has 1 rings (SSSR count). The zero-order valence-electron chi connectivity index (χ0n) is 9.57. The van der Waals surface area contributed by atoms with Crippen LogP contribution in [0.15, 0.2) is 18.2 Å². The van der Waals surface area contributed by atoms with Crippen LogP contribution in [0.25, 0.3) is 0 Å². The van der Waals surface area contributed by atoms with Crippen molar-refractivity contribution in [3.8, 4) is 17.2 Å². The molecule has 0 bridgehead atoms. The second-order valence-corrected chi connectivity index (χ2v) is 2.96. The quantitative estimate of drug-likeness (QED) is 0.612. The lowest BCUT2D eigenvalue weighted by Gasteiger charge is -2.10. The molecule has 1 N–H and O–H groups in total. The van der Waals surface area contributed by atoms with E-state index in [0.717, 1.165) is 0 Å². The maximum absolute atomic E-state index is 7.27. The van der Waals surface area contributed by atoms with Crippen LogP contribution < -0.4 is 14.2 Å². The molecule has 0 saturated carbocycles. The van der Waals surface area contributed by atoms with Gasteiger partial charge in [-0.2, -0.15) is 0 Å². The molecule has 0 saturated heterocycles. The molecule has 0 amide bonds. The van der Waals surface area contributed by atoms with Gasteiger partial charge in [0, 0.05) is 18.2 Å². The maximum atomic E-state index is 7.27.